The van der Waals surface area contributed by atoms with Crippen LogP contribution in [0.4, 0.5) is 0 Å². The molecule has 0 aromatic carbocycles. The summed E-state index contributed by atoms with van der Waals surface area (Å²) in [5, 5.41) is 19.5. The summed E-state index contributed by atoms with van der Waals surface area (Å²) in [5.74, 6) is -1.05. The van der Waals surface area contributed by atoms with Crippen molar-refractivity contribution in [3.63, 3.8) is 0 Å². The summed E-state index contributed by atoms with van der Waals surface area (Å²) in [4.78, 5) is 23.1. The minimum atomic E-state index is -0.797. The van der Waals surface area contributed by atoms with Crippen LogP contribution in [0.5, 0.6) is 0 Å². The quantitative estimate of drug-likeness (QED) is 0.654. The van der Waals surface area contributed by atoms with Gasteiger partial charge in [-0.05, 0) is 51.7 Å². The highest BCUT2D eigenvalue weighted by Gasteiger charge is 2.13. The highest BCUT2D eigenvalue weighted by molar-refractivity contribution is 5.82. The minimum absolute atomic E-state index is 0.361. The summed E-state index contributed by atoms with van der Waals surface area (Å²) in [6.07, 6.45) is 4.44. The molecular weight excluding hydrogens is 288 g/mol. The van der Waals surface area contributed by atoms with Gasteiger partial charge >= 0.3 is 11.9 Å². The van der Waals surface area contributed by atoms with Crippen molar-refractivity contribution in [1.29, 1.82) is 0 Å². The molecule has 0 saturated carbocycles. The number of carbonyl (C=O) groups excluding carboxylic acids is 2. The van der Waals surface area contributed by atoms with Crippen molar-refractivity contribution in [2.45, 2.75) is 63.9 Å². The van der Waals surface area contributed by atoms with E-state index in [0.29, 0.717) is 25.7 Å². The van der Waals surface area contributed by atoms with E-state index >= 15 is 0 Å². The summed E-state index contributed by atoms with van der Waals surface area (Å²) < 4.78 is 10.3. The number of aliphatic hydroxyl groups excluding tert-OH is 2. The number of rotatable bonds is 0. The Bertz CT molecular complexity index is 388. The average Bonchev–Trinajstić information content (AvgIpc) is 2.46. The molecule has 0 aromatic heterocycles. The second-order valence-corrected chi connectivity index (χ2v) is 5.50. The molecule has 0 unspecified atom stereocenters. The summed E-state index contributed by atoms with van der Waals surface area (Å²) >= 11 is 0. The lowest BCUT2D eigenvalue weighted by molar-refractivity contribution is -0.143. The van der Waals surface area contributed by atoms with Crippen LogP contribution in [0.25, 0.3) is 0 Å². The summed E-state index contributed by atoms with van der Waals surface area (Å²) in [6.45, 7) is 3.44. The molecule has 0 bridgehead atoms. The molecule has 0 saturated heterocycles. The van der Waals surface area contributed by atoms with Crippen LogP contribution >= 0.6 is 0 Å². The standard InChI is InChI=1S/C16H24O6/c1-11-3-5-13(17)8-10-16(20)22-12(2)4-6-14(18)7-9-15(19)21-11/h7-14,17-18H,3-6H2,1-2H3/b9-7+,10-8+/t11-,12-,13-,14+/m1/s1. The van der Waals surface area contributed by atoms with Gasteiger partial charge < -0.3 is 19.7 Å². The van der Waals surface area contributed by atoms with Crippen molar-refractivity contribution in [2.75, 3.05) is 0 Å². The van der Waals surface area contributed by atoms with Crippen LogP contribution in [0, 0.1) is 0 Å². The van der Waals surface area contributed by atoms with Crippen LogP contribution in [0.2, 0.25) is 0 Å². The van der Waals surface area contributed by atoms with Gasteiger partial charge in [0.1, 0.15) is 0 Å². The Kier molecular flexibility index (Phi) is 7.84. The predicted molar refractivity (Wildman–Crippen MR) is 79.9 cm³/mol. The van der Waals surface area contributed by atoms with E-state index in [4.69, 9.17) is 9.47 Å². The number of ether oxygens (including phenoxy) is 2. The van der Waals surface area contributed by atoms with Crippen LogP contribution < -0.4 is 0 Å². The zero-order chi connectivity index (χ0) is 16.5. The van der Waals surface area contributed by atoms with E-state index in [2.05, 4.69) is 0 Å². The van der Waals surface area contributed by atoms with Crippen molar-refractivity contribution in [3.05, 3.63) is 24.3 Å². The Hall–Kier alpha value is -1.66. The fraction of sp³-hybridized carbons (Fsp3) is 0.625. The van der Waals surface area contributed by atoms with E-state index in [-0.39, 0.29) is 12.2 Å². The third kappa shape index (κ3) is 7.95. The molecule has 2 N–H and O–H groups in total. The van der Waals surface area contributed by atoms with Gasteiger partial charge in [0.25, 0.3) is 0 Å². The molecule has 0 aliphatic carbocycles. The highest BCUT2D eigenvalue weighted by atomic mass is 16.5. The predicted octanol–water partition coefficient (Wildman–Crippen LogP) is 1.26. The Morgan fingerprint density at radius 1 is 0.818 bits per heavy atom. The zero-order valence-electron chi connectivity index (χ0n) is 13.0. The first-order valence-corrected chi connectivity index (χ1v) is 7.50. The SMILES string of the molecule is C[C@@H]1CC[C@H](O)/C=C/C(=O)O[C@H](C)CC[C@@H](O)/C=C/C(=O)O1. The summed E-state index contributed by atoms with van der Waals surface area (Å²) in [6, 6.07) is 0. The molecule has 0 spiro atoms. The molecule has 6 heteroatoms. The number of cyclic esters (lactones) is 2. The second-order valence-electron chi connectivity index (χ2n) is 5.50. The fourth-order valence-corrected chi connectivity index (χ4v) is 1.98. The number of hydrogen-bond acceptors (Lipinski definition) is 6. The van der Waals surface area contributed by atoms with Gasteiger partial charge in [0, 0.05) is 12.2 Å². The maximum atomic E-state index is 11.6. The number of carbonyl (C=O) groups is 2. The van der Waals surface area contributed by atoms with E-state index in [1.807, 2.05) is 0 Å². The molecule has 1 aliphatic heterocycles. The average molecular weight is 312 g/mol. The van der Waals surface area contributed by atoms with E-state index < -0.39 is 24.1 Å². The zero-order valence-corrected chi connectivity index (χ0v) is 13.0. The third-order valence-corrected chi connectivity index (χ3v) is 3.28. The molecule has 0 fully saturated rings. The van der Waals surface area contributed by atoms with Gasteiger partial charge in [0.2, 0.25) is 0 Å². The smallest absolute Gasteiger partial charge is 0.330 e. The van der Waals surface area contributed by atoms with Crippen molar-refractivity contribution >= 4 is 11.9 Å². The first-order chi connectivity index (χ1) is 10.4. The molecule has 1 heterocycles. The molecule has 0 radical (unpaired) electrons. The van der Waals surface area contributed by atoms with Gasteiger partial charge in [-0.3, -0.25) is 0 Å². The molecule has 0 amide bonds. The lowest BCUT2D eigenvalue weighted by atomic mass is 10.1. The van der Waals surface area contributed by atoms with Crippen molar-refractivity contribution < 1.29 is 29.3 Å². The first-order valence-electron chi connectivity index (χ1n) is 7.50. The lowest BCUT2D eigenvalue weighted by Crippen LogP contribution is -2.18. The highest BCUT2D eigenvalue weighted by Crippen LogP contribution is 2.10. The van der Waals surface area contributed by atoms with Crippen molar-refractivity contribution in [1.82, 2.24) is 0 Å². The molecule has 0 aromatic rings. The number of aliphatic hydroxyl groups is 2. The van der Waals surface area contributed by atoms with Crippen LogP contribution in [0.3, 0.4) is 0 Å². The molecule has 22 heavy (non-hydrogen) atoms. The molecule has 4 atom stereocenters. The molecule has 1 aliphatic rings. The molecule has 6 nitrogen and oxygen atoms in total. The molecule has 1 rings (SSSR count). The van der Waals surface area contributed by atoms with E-state index in [0.717, 1.165) is 0 Å². The Morgan fingerprint density at radius 3 is 1.55 bits per heavy atom. The number of hydrogen-bond donors (Lipinski definition) is 2. The van der Waals surface area contributed by atoms with E-state index in [9.17, 15) is 19.8 Å². The van der Waals surface area contributed by atoms with Gasteiger partial charge in [0.05, 0.1) is 24.4 Å². The molecular formula is C16H24O6. The molecule has 124 valence electrons. The number of esters is 2. The lowest BCUT2D eigenvalue weighted by Gasteiger charge is -2.15. The first kappa shape index (κ1) is 18.4. The van der Waals surface area contributed by atoms with Gasteiger partial charge in [-0.1, -0.05) is 0 Å². The van der Waals surface area contributed by atoms with Gasteiger partial charge in [0.15, 0.2) is 0 Å². The van der Waals surface area contributed by atoms with Gasteiger partial charge in [-0.25, -0.2) is 9.59 Å². The van der Waals surface area contributed by atoms with Crippen molar-refractivity contribution in [3.8, 4) is 0 Å². The minimum Gasteiger partial charge on any atom is -0.460 e. The Balaban J connectivity index is 2.70. The Labute approximate surface area is 130 Å². The van der Waals surface area contributed by atoms with Crippen molar-refractivity contribution in [2.24, 2.45) is 0 Å². The van der Waals surface area contributed by atoms with Gasteiger partial charge in [-0.2, -0.15) is 0 Å². The van der Waals surface area contributed by atoms with Crippen LogP contribution in [-0.4, -0.2) is 46.6 Å². The van der Waals surface area contributed by atoms with E-state index in [1.54, 1.807) is 13.8 Å². The monoisotopic (exact) mass is 312 g/mol. The maximum absolute atomic E-state index is 11.6. The topological polar surface area (TPSA) is 93.1 Å². The van der Waals surface area contributed by atoms with Crippen LogP contribution in [0.15, 0.2) is 24.3 Å². The summed E-state index contributed by atoms with van der Waals surface area (Å²) in [5.41, 5.74) is 0. The maximum Gasteiger partial charge on any atom is 0.330 e. The third-order valence-electron chi connectivity index (χ3n) is 3.28. The van der Waals surface area contributed by atoms with Crippen LogP contribution in [0.1, 0.15) is 39.5 Å². The summed E-state index contributed by atoms with van der Waals surface area (Å²) in [7, 11) is 0. The normalized spacial score (nSPS) is 35.3. The fourth-order valence-electron chi connectivity index (χ4n) is 1.98. The largest absolute Gasteiger partial charge is 0.460 e. The second kappa shape index (κ2) is 9.38. The van der Waals surface area contributed by atoms with E-state index in [1.165, 1.54) is 24.3 Å². The Morgan fingerprint density at radius 2 is 1.18 bits per heavy atom. The van der Waals surface area contributed by atoms with Crippen LogP contribution in [-0.2, 0) is 19.1 Å². The van der Waals surface area contributed by atoms with Gasteiger partial charge in [-0.15, -0.1) is 0 Å².